The minimum absolute atomic E-state index is 0.659. The maximum atomic E-state index is 2.32. The Morgan fingerprint density at radius 2 is 1.33 bits per heavy atom. The van der Waals surface area contributed by atoms with Crippen LogP contribution >= 0.6 is 0 Å². The number of hydrogen-bond donors (Lipinski definition) is 0. The van der Waals surface area contributed by atoms with Gasteiger partial charge in [-0.1, -0.05) is 74.5 Å². The third kappa shape index (κ3) is 3.46. The molecule has 0 saturated heterocycles. The summed E-state index contributed by atoms with van der Waals surface area (Å²) in [6.07, 6.45) is 2.39. The first-order valence-electron chi connectivity index (χ1n) is 6.86. The quantitative estimate of drug-likeness (QED) is 0.683. The fraction of sp³-hybridized carbons (Fsp3) is 0.333. The first kappa shape index (κ1) is 12.9. The Kier molecular flexibility index (Phi) is 4.58. The van der Waals surface area contributed by atoms with Crippen LogP contribution in [0, 0.1) is 5.92 Å². The van der Waals surface area contributed by atoms with Crippen LogP contribution in [-0.4, -0.2) is 0 Å². The van der Waals surface area contributed by atoms with Gasteiger partial charge < -0.3 is 0 Å². The molecule has 2 rings (SSSR count). The van der Waals surface area contributed by atoms with E-state index in [0.29, 0.717) is 11.8 Å². The second-order valence-electron chi connectivity index (χ2n) is 5.29. The molecule has 2 aromatic rings. The SMILES string of the molecule is CC(C)[C@H](CCc1ccccc1)c1ccccc1. The van der Waals surface area contributed by atoms with Crippen molar-refractivity contribution in [2.75, 3.05) is 0 Å². The molecule has 0 heterocycles. The van der Waals surface area contributed by atoms with Crippen molar-refractivity contribution in [3.05, 3.63) is 71.8 Å². The van der Waals surface area contributed by atoms with Gasteiger partial charge >= 0.3 is 0 Å². The summed E-state index contributed by atoms with van der Waals surface area (Å²) in [5.41, 5.74) is 2.92. The van der Waals surface area contributed by atoms with Crippen molar-refractivity contribution in [2.45, 2.75) is 32.6 Å². The Morgan fingerprint density at radius 1 is 0.778 bits per heavy atom. The van der Waals surface area contributed by atoms with Crippen molar-refractivity contribution in [1.29, 1.82) is 0 Å². The molecule has 0 aliphatic rings. The smallest absolute Gasteiger partial charge is 0.0136 e. The van der Waals surface area contributed by atoms with E-state index in [1.807, 2.05) is 0 Å². The highest BCUT2D eigenvalue weighted by atomic mass is 14.2. The molecule has 0 aliphatic heterocycles. The van der Waals surface area contributed by atoms with E-state index < -0.39 is 0 Å². The monoisotopic (exact) mass is 238 g/mol. The Balaban J connectivity index is 2.04. The molecule has 0 heteroatoms. The molecular formula is C18H22. The van der Waals surface area contributed by atoms with E-state index in [0.717, 1.165) is 0 Å². The van der Waals surface area contributed by atoms with Crippen LogP contribution in [0.4, 0.5) is 0 Å². The van der Waals surface area contributed by atoms with E-state index in [9.17, 15) is 0 Å². The maximum Gasteiger partial charge on any atom is -0.0136 e. The summed E-state index contributed by atoms with van der Waals surface area (Å²) in [7, 11) is 0. The van der Waals surface area contributed by atoms with Crippen LogP contribution in [0.15, 0.2) is 60.7 Å². The van der Waals surface area contributed by atoms with Crippen LogP contribution in [0.1, 0.15) is 37.3 Å². The van der Waals surface area contributed by atoms with Gasteiger partial charge in [-0.15, -0.1) is 0 Å². The summed E-state index contributed by atoms with van der Waals surface area (Å²) in [5.74, 6) is 1.35. The Labute approximate surface area is 111 Å². The standard InChI is InChI=1S/C18H22/c1-15(2)18(17-11-7-4-8-12-17)14-13-16-9-5-3-6-10-16/h3-12,15,18H,13-14H2,1-2H3/t18-/m0/s1. The molecular weight excluding hydrogens is 216 g/mol. The molecule has 0 bridgehead atoms. The Bertz CT molecular complexity index is 442. The molecule has 0 amide bonds. The first-order chi connectivity index (χ1) is 8.77. The van der Waals surface area contributed by atoms with E-state index in [1.165, 1.54) is 24.0 Å². The van der Waals surface area contributed by atoms with Gasteiger partial charge in [-0.2, -0.15) is 0 Å². The number of hydrogen-bond acceptors (Lipinski definition) is 0. The number of rotatable bonds is 5. The highest BCUT2D eigenvalue weighted by Gasteiger charge is 2.15. The third-order valence-electron chi connectivity index (χ3n) is 3.62. The van der Waals surface area contributed by atoms with Gasteiger partial charge in [-0.3, -0.25) is 0 Å². The van der Waals surface area contributed by atoms with E-state index in [1.54, 1.807) is 0 Å². The molecule has 0 N–H and O–H groups in total. The predicted octanol–water partition coefficient (Wildman–Crippen LogP) is 5.06. The topological polar surface area (TPSA) is 0 Å². The molecule has 1 atom stereocenters. The zero-order valence-electron chi connectivity index (χ0n) is 11.3. The second kappa shape index (κ2) is 6.39. The van der Waals surface area contributed by atoms with Crippen LogP contribution in [-0.2, 0) is 6.42 Å². The molecule has 0 unspecified atom stereocenters. The van der Waals surface area contributed by atoms with Crippen molar-refractivity contribution in [1.82, 2.24) is 0 Å². The lowest BCUT2D eigenvalue weighted by atomic mass is 9.84. The molecule has 0 aromatic heterocycles. The zero-order valence-corrected chi connectivity index (χ0v) is 11.3. The summed E-state index contributed by atoms with van der Waals surface area (Å²) in [5, 5.41) is 0. The van der Waals surface area contributed by atoms with Gasteiger partial charge in [0.1, 0.15) is 0 Å². The van der Waals surface area contributed by atoms with E-state index >= 15 is 0 Å². The van der Waals surface area contributed by atoms with Crippen molar-refractivity contribution in [3.8, 4) is 0 Å². The molecule has 0 nitrogen and oxygen atoms in total. The molecule has 0 fully saturated rings. The molecule has 2 aromatic carbocycles. The third-order valence-corrected chi connectivity index (χ3v) is 3.62. The van der Waals surface area contributed by atoms with Crippen LogP contribution in [0.25, 0.3) is 0 Å². The average molecular weight is 238 g/mol. The molecule has 18 heavy (non-hydrogen) atoms. The molecule has 94 valence electrons. The normalized spacial score (nSPS) is 12.6. The van der Waals surface area contributed by atoms with Gasteiger partial charge in [-0.05, 0) is 35.8 Å². The highest BCUT2D eigenvalue weighted by Crippen LogP contribution is 2.29. The minimum atomic E-state index is 0.659. The van der Waals surface area contributed by atoms with Gasteiger partial charge in [0.2, 0.25) is 0 Å². The molecule has 0 saturated carbocycles. The van der Waals surface area contributed by atoms with Crippen LogP contribution < -0.4 is 0 Å². The number of benzene rings is 2. The van der Waals surface area contributed by atoms with Gasteiger partial charge in [0, 0.05) is 0 Å². The zero-order chi connectivity index (χ0) is 12.8. The maximum absolute atomic E-state index is 2.32. The lowest BCUT2D eigenvalue weighted by molar-refractivity contribution is 0.468. The van der Waals surface area contributed by atoms with Crippen LogP contribution in [0.3, 0.4) is 0 Å². The molecule has 0 aliphatic carbocycles. The van der Waals surface area contributed by atoms with Crippen molar-refractivity contribution < 1.29 is 0 Å². The van der Waals surface area contributed by atoms with Crippen LogP contribution in [0.2, 0.25) is 0 Å². The summed E-state index contributed by atoms with van der Waals surface area (Å²) < 4.78 is 0. The largest absolute Gasteiger partial charge is 0.0622 e. The van der Waals surface area contributed by atoms with Crippen molar-refractivity contribution in [3.63, 3.8) is 0 Å². The van der Waals surface area contributed by atoms with Crippen LogP contribution in [0.5, 0.6) is 0 Å². The Morgan fingerprint density at radius 3 is 1.89 bits per heavy atom. The molecule has 0 spiro atoms. The lowest BCUT2D eigenvalue weighted by Crippen LogP contribution is -2.08. The van der Waals surface area contributed by atoms with Crippen molar-refractivity contribution >= 4 is 0 Å². The lowest BCUT2D eigenvalue weighted by Gasteiger charge is -2.21. The fourth-order valence-corrected chi connectivity index (χ4v) is 2.55. The van der Waals surface area contributed by atoms with E-state index in [-0.39, 0.29) is 0 Å². The Hall–Kier alpha value is -1.56. The second-order valence-corrected chi connectivity index (χ2v) is 5.29. The van der Waals surface area contributed by atoms with E-state index in [2.05, 4.69) is 74.5 Å². The van der Waals surface area contributed by atoms with Gasteiger partial charge in [-0.25, -0.2) is 0 Å². The molecule has 0 radical (unpaired) electrons. The van der Waals surface area contributed by atoms with Crippen molar-refractivity contribution in [2.24, 2.45) is 5.92 Å². The van der Waals surface area contributed by atoms with E-state index in [4.69, 9.17) is 0 Å². The predicted molar refractivity (Wildman–Crippen MR) is 78.8 cm³/mol. The summed E-state index contributed by atoms with van der Waals surface area (Å²) in [6.45, 7) is 4.64. The first-order valence-corrected chi connectivity index (χ1v) is 6.86. The fourth-order valence-electron chi connectivity index (χ4n) is 2.55. The van der Waals surface area contributed by atoms with Gasteiger partial charge in [0.25, 0.3) is 0 Å². The van der Waals surface area contributed by atoms with Gasteiger partial charge in [0.15, 0.2) is 0 Å². The summed E-state index contributed by atoms with van der Waals surface area (Å²) in [4.78, 5) is 0. The highest BCUT2D eigenvalue weighted by molar-refractivity contribution is 5.21. The minimum Gasteiger partial charge on any atom is -0.0622 e. The average Bonchev–Trinajstić information content (AvgIpc) is 2.41. The van der Waals surface area contributed by atoms with Gasteiger partial charge in [0.05, 0.1) is 0 Å². The number of aryl methyl sites for hydroxylation is 1. The summed E-state index contributed by atoms with van der Waals surface area (Å²) in [6, 6.07) is 21.7. The summed E-state index contributed by atoms with van der Waals surface area (Å²) >= 11 is 0.